The number of non-ortho nitro benzene ring substituents is 1. The van der Waals surface area contributed by atoms with E-state index in [0.29, 0.717) is 11.3 Å². The lowest BCUT2D eigenvalue weighted by Crippen LogP contribution is -2.14. The number of benzene rings is 3. The monoisotopic (exact) mass is 441 g/mol. The summed E-state index contributed by atoms with van der Waals surface area (Å²) < 4.78 is 40.6. The predicted octanol–water partition coefficient (Wildman–Crippen LogP) is 4.34. The van der Waals surface area contributed by atoms with Gasteiger partial charge in [0, 0.05) is 30.0 Å². The number of para-hydroxylation sites is 2. The van der Waals surface area contributed by atoms with Crippen LogP contribution in [-0.2, 0) is 10.0 Å². The van der Waals surface area contributed by atoms with E-state index in [4.69, 9.17) is 0 Å². The maximum atomic E-state index is 13.0. The van der Waals surface area contributed by atoms with Crippen molar-refractivity contribution < 1.29 is 22.5 Å². The lowest BCUT2D eigenvalue weighted by molar-refractivity contribution is -0.384. The quantitative estimate of drug-likeness (QED) is 0.232. The minimum atomic E-state index is -4.01. The molecule has 0 saturated carbocycles. The minimum absolute atomic E-state index is 0.144. The summed E-state index contributed by atoms with van der Waals surface area (Å²) in [6.45, 7) is 0. The summed E-state index contributed by atoms with van der Waals surface area (Å²) in [5.41, 5.74) is 0.652. The largest absolute Gasteiger partial charge is 0.360 e. The Morgan fingerprint density at radius 2 is 1.55 bits per heavy atom. The molecule has 0 bridgehead atoms. The summed E-state index contributed by atoms with van der Waals surface area (Å²) in [6, 6.07) is 15.9. The molecule has 0 aromatic heterocycles. The molecule has 158 valence electrons. The molecule has 3 aromatic rings. The van der Waals surface area contributed by atoms with Crippen molar-refractivity contribution in [2.45, 2.75) is 4.90 Å². The van der Waals surface area contributed by atoms with Gasteiger partial charge in [0.05, 0.1) is 21.2 Å². The third-order valence-electron chi connectivity index (χ3n) is 4.13. The first-order valence-electron chi connectivity index (χ1n) is 8.85. The highest BCUT2D eigenvalue weighted by Gasteiger charge is 2.17. The number of rotatable bonds is 8. The van der Waals surface area contributed by atoms with Crippen molar-refractivity contribution in [2.75, 3.05) is 10.0 Å². The van der Waals surface area contributed by atoms with Crippen LogP contribution in [0.15, 0.2) is 90.0 Å². The predicted molar refractivity (Wildman–Crippen MR) is 114 cm³/mol. The molecule has 31 heavy (non-hydrogen) atoms. The molecule has 10 heteroatoms. The third kappa shape index (κ3) is 5.52. The summed E-state index contributed by atoms with van der Waals surface area (Å²) >= 11 is 0. The zero-order valence-electron chi connectivity index (χ0n) is 15.9. The normalized spacial score (nSPS) is 11.3. The molecule has 0 unspecified atom stereocenters. The second-order valence-electron chi connectivity index (χ2n) is 6.25. The van der Waals surface area contributed by atoms with Crippen LogP contribution in [0, 0.1) is 15.9 Å². The number of halogens is 1. The Balaban J connectivity index is 1.74. The van der Waals surface area contributed by atoms with Gasteiger partial charge in [0.15, 0.2) is 5.78 Å². The van der Waals surface area contributed by atoms with E-state index in [9.17, 15) is 27.7 Å². The number of nitrogens with one attached hydrogen (secondary N) is 2. The Bertz CT molecular complexity index is 1240. The number of nitro benzene ring substituents is 1. The van der Waals surface area contributed by atoms with Crippen LogP contribution in [0.5, 0.6) is 0 Å². The average molecular weight is 441 g/mol. The highest BCUT2D eigenvalue weighted by atomic mass is 32.2. The first kappa shape index (κ1) is 21.7. The van der Waals surface area contributed by atoms with Crippen molar-refractivity contribution in [3.63, 3.8) is 0 Å². The summed E-state index contributed by atoms with van der Waals surface area (Å²) in [5, 5.41) is 13.6. The van der Waals surface area contributed by atoms with E-state index >= 15 is 0 Å². The fraction of sp³-hybridized carbons (Fsp3) is 0. The number of allylic oxidation sites excluding steroid dienone is 1. The van der Waals surface area contributed by atoms with Gasteiger partial charge in [0.2, 0.25) is 0 Å². The number of hydrogen-bond donors (Lipinski definition) is 2. The molecular formula is C21H16FN3O5S. The van der Waals surface area contributed by atoms with Crippen molar-refractivity contribution in [3.8, 4) is 0 Å². The van der Waals surface area contributed by atoms with Gasteiger partial charge in [-0.25, -0.2) is 12.8 Å². The molecule has 0 radical (unpaired) electrons. The lowest BCUT2D eigenvalue weighted by Gasteiger charge is -2.12. The van der Waals surface area contributed by atoms with Crippen LogP contribution >= 0.6 is 0 Å². The first-order valence-corrected chi connectivity index (χ1v) is 10.3. The average Bonchev–Trinajstić information content (AvgIpc) is 2.75. The highest BCUT2D eigenvalue weighted by Crippen LogP contribution is 2.25. The number of ketones is 1. The zero-order valence-corrected chi connectivity index (χ0v) is 16.7. The summed E-state index contributed by atoms with van der Waals surface area (Å²) in [6.07, 6.45) is 2.57. The third-order valence-corrected chi connectivity index (χ3v) is 5.51. The van der Waals surface area contributed by atoms with E-state index in [1.165, 1.54) is 42.6 Å². The van der Waals surface area contributed by atoms with Crippen molar-refractivity contribution in [2.24, 2.45) is 0 Å². The maximum Gasteiger partial charge on any atom is 0.269 e. The minimum Gasteiger partial charge on any atom is -0.360 e. The van der Waals surface area contributed by atoms with Gasteiger partial charge in [-0.2, -0.15) is 0 Å². The van der Waals surface area contributed by atoms with E-state index < -0.39 is 20.8 Å². The molecule has 0 fully saturated rings. The molecule has 0 saturated heterocycles. The van der Waals surface area contributed by atoms with E-state index in [1.807, 2.05) is 0 Å². The van der Waals surface area contributed by atoms with Crippen LogP contribution in [0.3, 0.4) is 0 Å². The standard InChI is InChI=1S/C21H16FN3O5S/c22-16-7-5-15(6-8-16)21(26)13-14-23-19-3-1-2-4-20(19)24-31(29,30)18-11-9-17(10-12-18)25(27)28/h1-14,23-24H/b14-13-. The van der Waals surface area contributed by atoms with Gasteiger partial charge < -0.3 is 5.32 Å². The first-order chi connectivity index (χ1) is 14.8. The number of carbonyl (C=O) groups is 1. The van der Waals surface area contributed by atoms with Crippen molar-refractivity contribution in [3.05, 3.63) is 107 Å². The summed E-state index contributed by atoms with van der Waals surface area (Å²) in [5.74, 6) is -0.815. The van der Waals surface area contributed by atoms with Gasteiger partial charge in [0.25, 0.3) is 15.7 Å². The van der Waals surface area contributed by atoms with E-state index in [1.54, 1.807) is 18.2 Å². The molecule has 0 amide bonds. The maximum absolute atomic E-state index is 13.0. The van der Waals surface area contributed by atoms with E-state index in [-0.39, 0.29) is 22.1 Å². The Hall–Kier alpha value is -4.05. The van der Waals surface area contributed by atoms with Crippen LogP contribution in [0.2, 0.25) is 0 Å². The fourth-order valence-corrected chi connectivity index (χ4v) is 3.65. The number of anilines is 2. The number of sulfonamides is 1. The van der Waals surface area contributed by atoms with Gasteiger partial charge in [-0.05, 0) is 48.5 Å². The number of hydrogen-bond acceptors (Lipinski definition) is 6. The van der Waals surface area contributed by atoms with Crippen LogP contribution in [0.1, 0.15) is 10.4 Å². The fourth-order valence-electron chi connectivity index (χ4n) is 2.57. The molecule has 8 nitrogen and oxygen atoms in total. The van der Waals surface area contributed by atoms with Gasteiger partial charge in [-0.1, -0.05) is 12.1 Å². The second kappa shape index (κ2) is 9.18. The summed E-state index contributed by atoms with van der Waals surface area (Å²) in [7, 11) is -4.01. The van der Waals surface area contributed by atoms with Crippen LogP contribution in [-0.4, -0.2) is 19.1 Å². The van der Waals surface area contributed by atoms with Crippen molar-refractivity contribution in [1.29, 1.82) is 0 Å². The topological polar surface area (TPSA) is 118 Å². The SMILES string of the molecule is O=C(/C=C\Nc1ccccc1NS(=O)(=O)c1ccc([N+](=O)[O-])cc1)c1ccc(F)cc1. The molecule has 3 rings (SSSR count). The molecule has 0 heterocycles. The molecular weight excluding hydrogens is 425 g/mol. The Labute approximate surface area is 177 Å². The van der Waals surface area contributed by atoms with E-state index in [2.05, 4.69) is 10.0 Å². The molecule has 0 aliphatic rings. The second-order valence-corrected chi connectivity index (χ2v) is 7.93. The lowest BCUT2D eigenvalue weighted by atomic mass is 10.1. The molecule has 0 spiro atoms. The Morgan fingerprint density at radius 3 is 2.16 bits per heavy atom. The molecule has 0 atom stereocenters. The number of nitro groups is 1. The number of carbonyl (C=O) groups excluding carboxylic acids is 1. The van der Waals surface area contributed by atoms with Gasteiger partial charge >= 0.3 is 0 Å². The molecule has 2 N–H and O–H groups in total. The van der Waals surface area contributed by atoms with E-state index in [0.717, 1.165) is 24.3 Å². The van der Waals surface area contributed by atoms with Crippen LogP contribution < -0.4 is 10.0 Å². The summed E-state index contributed by atoms with van der Waals surface area (Å²) in [4.78, 5) is 22.1. The van der Waals surface area contributed by atoms with Crippen molar-refractivity contribution >= 4 is 32.9 Å². The van der Waals surface area contributed by atoms with Crippen LogP contribution in [0.4, 0.5) is 21.5 Å². The van der Waals surface area contributed by atoms with Gasteiger partial charge in [-0.3, -0.25) is 19.6 Å². The molecule has 3 aromatic carbocycles. The highest BCUT2D eigenvalue weighted by molar-refractivity contribution is 7.92. The Morgan fingerprint density at radius 1 is 0.935 bits per heavy atom. The van der Waals surface area contributed by atoms with Gasteiger partial charge in [-0.15, -0.1) is 0 Å². The van der Waals surface area contributed by atoms with Gasteiger partial charge in [0.1, 0.15) is 5.82 Å². The van der Waals surface area contributed by atoms with Crippen LogP contribution in [0.25, 0.3) is 0 Å². The molecule has 0 aliphatic heterocycles. The smallest absolute Gasteiger partial charge is 0.269 e. The van der Waals surface area contributed by atoms with Crippen molar-refractivity contribution in [1.82, 2.24) is 0 Å². The number of nitrogens with zero attached hydrogens (tertiary/aromatic N) is 1. The zero-order chi connectivity index (χ0) is 22.4. The Kier molecular flexibility index (Phi) is 6.41. The molecule has 0 aliphatic carbocycles.